The van der Waals surface area contributed by atoms with E-state index in [0.29, 0.717) is 6.54 Å². The average molecular weight is 209 g/mol. The maximum Gasteiger partial charge on any atom is 0.0949 e. The lowest BCUT2D eigenvalue weighted by molar-refractivity contribution is -0.0839. The van der Waals surface area contributed by atoms with Gasteiger partial charge in [-0.15, -0.1) is 0 Å². The minimum absolute atomic E-state index is 0.0596. The van der Waals surface area contributed by atoms with Gasteiger partial charge in [0.05, 0.1) is 18.5 Å². The summed E-state index contributed by atoms with van der Waals surface area (Å²) < 4.78 is 7.78. The summed E-state index contributed by atoms with van der Waals surface area (Å²) in [7, 11) is 1.80. The van der Waals surface area contributed by atoms with E-state index in [1.807, 2.05) is 12.5 Å². The normalized spacial score (nSPS) is 18.8. The van der Waals surface area contributed by atoms with Gasteiger partial charge in [-0.3, -0.25) is 0 Å². The zero-order chi connectivity index (χ0) is 10.7. The maximum atomic E-state index is 5.60. The molecule has 0 aliphatic heterocycles. The van der Waals surface area contributed by atoms with Crippen LogP contribution in [0.1, 0.15) is 25.0 Å². The molecule has 2 N–H and O–H groups in total. The van der Waals surface area contributed by atoms with Crippen LogP contribution in [0.25, 0.3) is 0 Å². The smallest absolute Gasteiger partial charge is 0.0949 e. The molecule has 0 unspecified atom stereocenters. The van der Waals surface area contributed by atoms with Crippen molar-refractivity contribution in [3.63, 3.8) is 0 Å². The highest BCUT2D eigenvalue weighted by atomic mass is 16.5. The van der Waals surface area contributed by atoms with Crippen LogP contribution in [-0.4, -0.2) is 28.8 Å². The minimum Gasteiger partial charge on any atom is -0.376 e. The Hall–Kier alpha value is -0.870. The molecule has 0 spiro atoms. The van der Waals surface area contributed by atoms with E-state index in [1.54, 1.807) is 7.11 Å². The van der Waals surface area contributed by atoms with Crippen LogP contribution < -0.4 is 5.73 Å². The molecule has 1 aliphatic carbocycles. The molecule has 0 atom stereocenters. The summed E-state index contributed by atoms with van der Waals surface area (Å²) in [5, 5.41) is 0. The van der Waals surface area contributed by atoms with Gasteiger partial charge in [0.15, 0.2) is 0 Å². The number of aromatic nitrogens is 2. The van der Waals surface area contributed by atoms with E-state index in [2.05, 4.69) is 9.55 Å². The van der Waals surface area contributed by atoms with Crippen molar-refractivity contribution in [2.24, 2.45) is 5.73 Å². The first-order chi connectivity index (χ1) is 7.29. The van der Waals surface area contributed by atoms with Gasteiger partial charge in [-0.1, -0.05) is 0 Å². The third kappa shape index (κ3) is 2.06. The number of rotatable bonds is 5. The van der Waals surface area contributed by atoms with Gasteiger partial charge in [-0.05, 0) is 25.8 Å². The fourth-order valence-corrected chi connectivity index (χ4v) is 2.15. The largest absolute Gasteiger partial charge is 0.376 e. The number of ether oxygens (including phenoxy) is 1. The number of nitrogens with zero attached hydrogens (tertiary/aromatic N) is 2. The Bertz CT molecular complexity index is 312. The quantitative estimate of drug-likeness (QED) is 0.785. The van der Waals surface area contributed by atoms with Crippen molar-refractivity contribution >= 4 is 0 Å². The summed E-state index contributed by atoms with van der Waals surface area (Å²) in [4.78, 5) is 4.17. The van der Waals surface area contributed by atoms with Gasteiger partial charge in [-0.2, -0.15) is 0 Å². The highest BCUT2D eigenvalue weighted by Gasteiger charge is 2.37. The van der Waals surface area contributed by atoms with Crippen LogP contribution in [0.5, 0.6) is 0 Å². The topological polar surface area (TPSA) is 53.1 Å². The summed E-state index contributed by atoms with van der Waals surface area (Å²) in [6.45, 7) is 1.59. The molecule has 1 saturated carbocycles. The zero-order valence-electron chi connectivity index (χ0n) is 9.28. The van der Waals surface area contributed by atoms with Gasteiger partial charge in [0.2, 0.25) is 0 Å². The molecule has 2 rings (SSSR count). The molecule has 4 nitrogen and oxygen atoms in total. The summed E-state index contributed by atoms with van der Waals surface area (Å²) >= 11 is 0. The third-order valence-electron chi connectivity index (χ3n) is 3.36. The van der Waals surface area contributed by atoms with Crippen LogP contribution in [0.4, 0.5) is 0 Å². The summed E-state index contributed by atoms with van der Waals surface area (Å²) in [5.74, 6) is 0. The second-order valence-corrected chi connectivity index (χ2v) is 4.29. The van der Waals surface area contributed by atoms with Crippen LogP contribution in [0, 0.1) is 0 Å². The molecule has 0 saturated heterocycles. The summed E-state index contributed by atoms with van der Waals surface area (Å²) in [6, 6.07) is 0. The van der Waals surface area contributed by atoms with Crippen LogP contribution in [-0.2, 0) is 17.7 Å². The van der Waals surface area contributed by atoms with E-state index < -0.39 is 0 Å². The predicted molar refractivity (Wildman–Crippen MR) is 58.6 cm³/mol. The third-order valence-corrected chi connectivity index (χ3v) is 3.36. The van der Waals surface area contributed by atoms with Gasteiger partial charge in [0, 0.05) is 25.4 Å². The molecule has 0 amide bonds. The highest BCUT2D eigenvalue weighted by molar-refractivity contribution is 5.02. The summed E-state index contributed by atoms with van der Waals surface area (Å²) in [5.41, 5.74) is 6.83. The Labute approximate surface area is 90.4 Å². The van der Waals surface area contributed by atoms with Gasteiger partial charge in [0.25, 0.3) is 0 Å². The van der Waals surface area contributed by atoms with Gasteiger partial charge >= 0.3 is 0 Å². The lowest BCUT2D eigenvalue weighted by Crippen LogP contribution is -2.43. The Morgan fingerprint density at radius 1 is 1.60 bits per heavy atom. The Balaban J connectivity index is 2.06. The monoisotopic (exact) mass is 209 g/mol. The van der Waals surface area contributed by atoms with Crippen LogP contribution in [0.3, 0.4) is 0 Å². The van der Waals surface area contributed by atoms with Crippen molar-refractivity contribution in [1.82, 2.24) is 9.55 Å². The van der Waals surface area contributed by atoms with Crippen molar-refractivity contribution < 1.29 is 4.74 Å². The molecule has 4 heteroatoms. The zero-order valence-corrected chi connectivity index (χ0v) is 9.28. The summed E-state index contributed by atoms with van der Waals surface area (Å²) in [6.07, 6.45) is 8.25. The molecule has 0 radical (unpaired) electrons. The SMILES string of the molecule is COC1(Cn2cncc2CCN)CCC1. The minimum atomic E-state index is 0.0596. The van der Waals surface area contributed by atoms with E-state index in [9.17, 15) is 0 Å². The molecule has 1 heterocycles. The molecule has 1 aliphatic rings. The average Bonchev–Trinajstić information content (AvgIpc) is 2.60. The molecule has 1 aromatic rings. The maximum absolute atomic E-state index is 5.60. The lowest BCUT2D eigenvalue weighted by atomic mass is 9.80. The molecule has 1 aromatic heterocycles. The van der Waals surface area contributed by atoms with Gasteiger partial charge in [0.1, 0.15) is 0 Å². The van der Waals surface area contributed by atoms with Gasteiger partial charge < -0.3 is 15.0 Å². The fraction of sp³-hybridized carbons (Fsp3) is 0.727. The number of hydrogen-bond donors (Lipinski definition) is 1. The van der Waals surface area contributed by atoms with E-state index in [1.165, 1.54) is 12.1 Å². The van der Waals surface area contributed by atoms with Crippen molar-refractivity contribution in [2.45, 2.75) is 37.8 Å². The molecule has 0 bridgehead atoms. The lowest BCUT2D eigenvalue weighted by Gasteiger charge is -2.41. The standard InChI is InChI=1S/C11H19N3O/c1-15-11(4-2-5-11)8-14-9-13-7-10(14)3-6-12/h7,9H,2-6,8,12H2,1H3. The second-order valence-electron chi connectivity index (χ2n) is 4.29. The van der Waals surface area contributed by atoms with Crippen LogP contribution in [0.2, 0.25) is 0 Å². The molecule has 1 fully saturated rings. The van der Waals surface area contributed by atoms with Crippen molar-refractivity contribution in [3.05, 3.63) is 18.2 Å². The molecule has 84 valence electrons. The van der Waals surface area contributed by atoms with E-state index in [4.69, 9.17) is 10.5 Å². The highest BCUT2D eigenvalue weighted by Crippen LogP contribution is 2.36. The fourth-order valence-electron chi connectivity index (χ4n) is 2.15. The van der Waals surface area contributed by atoms with Crippen LogP contribution in [0.15, 0.2) is 12.5 Å². The number of methoxy groups -OCH3 is 1. The molecular formula is C11H19N3O. The Kier molecular flexibility index (Phi) is 3.07. The Morgan fingerprint density at radius 3 is 2.93 bits per heavy atom. The number of imidazole rings is 1. The number of nitrogens with two attached hydrogens (primary N) is 1. The molecule has 15 heavy (non-hydrogen) atoms. The second kappa shape index (κ2) is 4.33. The number of hydrogen-bond acceptors (Lipinski definition) is 3. The van der Waals surface area contributed by atoms with Crippen molar-refractivity contribution in [1.29, 1.82) is 0 Å². The van der Waals surface area contributed by atoms with E-state index >= 15 is 0 Å². The van der Waals surface area contributed by atoms with Gasteiger partial charge in [-0.25, -0.2) is 4.98 Å². The van der Waals surface area contributed by atoms with Crippen LogP contribution >= 0.6 is 0 Å². The molecule has 0 aromatic carbocycles. The Morgan fingerprint density at radius 2 is 2.40 bits per heavy atom. The predicted octanol–water partition coefficient (Wildman–Crippen LogP) is 0.953. The van der Waals surface area contributed by atoms with Crippen molar-refractivity contribution in [3.8, 4) is 0 Å². The van der Waals surface area contributed by atoms with Crippen molar-refractivity contribution in [2.75, 3.05) is 13.7 Å². The first-order valence-corrected chi connectivity index (χ1v) is 5.54. The molecular weight excluding hydrogens is 190 g/mol. The first-order valence-electron chi connectivity index (χ1n) is 5.54. The first kappa shape index (κ1) is 10.6. The van der Waals surface area contributed by atoms with E-state index in [0.717, 1.165) is 25.8 Å². The van der Waals surface area contributed by atoms with E-state index in [-0.39, 0.29) is 5.60 Å².